The van der Waals surface area contributed by atoms with Gasteiger partial charge in [-0.25, -0.2) is 0 Å². The standard InChI is InChI=1S/C11H5Cl2NO3S2/c12-6-1-2-10(8(13)3-6)19-11-9(14(16)17)4-7(5-15)18-11/h1-5H. The van der Waals surface area contributed by atoms with Crippen LogP contribution in [0.4, 0.5) is 5.69 Å². The maximum Gasteiger partial charge on any atom is 0.294 e. The van der Waals surface area contributed by atoms with E-state index in [1.165, 1.54) is 6.07 Å². The number of aldehydes is 1. The second-order valence-electron chi connectivity index (χ2n) is 3.37. The number of nitro groups is 1. The molecule has 1 heterocycles. The van der Waals surface area contributed by atoms with Crippen LogP contribution in [0.25, 0.3) is 0 Å². The van der Waals surface area contributed by atoms with E-state index in [1.807, 2.05) is 0 Å². The maximum atomic E-state index is 10.9. The van der Waals surface area contributed by atoms with Crippen LogP contribution in [0.15, 0.2) is 33.4 Å². The van der Waals surface area contributed by atoms with Gasteiger partial charge in [-0.1, -0.05) is 35.0 Å². The Labute approximate surface area is 126 Å². The van der Waals surface area contributed by atoms with Crippen LogP contribution in [-0.4, -0.2) is 11.2 Å². The van der Waals surface area contributed by atoms with Crippen LogP contribution in [0.2, 0.25) is 10.0 Å². The summed E-state index contributed by atoms with van der Waals surface area (Å²) in [5, 5.41) is 11.8. The predicted octanol–water partition coefficient (Wildman–Crippen LogP) is 4.93. The van der Waals surface area contributed by atoms with Crippen LogP contribution in [-0.2, 0) is 0 Å². The van der Waals surface area contributed by atoms with Gasteiger partial charge < -0.3 is 0 Å². The van der Waals surface area contributed by atoms with Crippen molar-refractivity contribution in [3.63, 3.8) is 0 Å². The topological polar surface area (TPSA) is 60.2 Å². The van der Waals surface area contributed by atoms with Gasteiger partial charge in [0.05, 0.1) is 14.8 Å². The number of rotatable bonds is 4. The summed E-state index contributed by atoms with van der Waals surface area (Å²) in [4.78, 5) is 22.0. The summed E-state index contributed by atoms with van der Waals surface area (Å²) in [5.41, 5.74) is -0.0943. The average molecular weight is 334 g/mol. The normalized spacial score (nSPS) is 10.4. The third-order valence-electron chi connectivity index (χ3n) is 2.11. The van der Waals surface area contributed by atoms with Crippen molar-refractivity contribution in [3.05, 3.63) is 49.3 Å². The predicted molar refractivity (Wildman–Crippen MR) is 76.9 cm³/mol. The Balaban J connectivity index is 2.39. The molecule has 98 valence electrons. The Morgan fingerprint density at radius 1 is 1.32 bits per heavy atom. The monoisotopic (exact) mass is 333 g/mol. The zero-order valence-electron chi connectivity index (χ0n) is 9.13. The van der Waals surface area contributed by atoms with E-state index in [9.17, 15) is 14.9 Å². The molecular weight excluding hydrogens is 329 g/mol. The fraction of sp³-hybridized carbons (Fsp3) is 0. The van der Waals surface area contributed by atoms with Gasteiger partial charge in [-0.15, -0.1) is 11.3 Å². The van der Waals surface area contributed by atoms with Crippen LogP contribution in [0.3, 0.4) is 0 Å². The highest BCUT2D eigenvalue weighted by Gasteiger charge is 2.20. The molecule has 0 aliphatic carbocycles. The fourth-order valence-corrected chi connectivity index (χ4v) is 3.95. The van der Waals surface area contributed by atoms with E-state index in [-0.39, 0.29) is 5.69 Å². The minimum Gasteiger partial charge on any atom is -0.297 e. The SMILES string of the molecule is O=Cc1cc([N+](=O)[O-])c(Sc2ccc(Cl)cc2Cl)s1. The molecule has 2 rings (SSSR count). The lowest BCUT2D eigenvalue weighted by Gasteiger charge is -2.02. The summed E-state index contributed by atoms with van der Waals surface area (Å²) < 4.78 is 0.413. The Hall–Kier alpha value is -1.08. The maximum absolute atomic E-state index is 10.9. The number of benzene rings is 1. The quantitative estimate of drug-likeness (QED) is 0.452. The van der Waals surface area contributed by atoms with E-state index in [0.717, 1.165) is 23.1 Å². The second kappa shape index (κ2) is 5.92. The lowest BCUT2D eigenvalue weighted by Crippen LogP contribution is -1.86. The van der Waals surface area contributed by atoms with Crippen LogP contribution < -0.4 is 0 Å². The molecule has 0 unspecified atom stereocenters. The summed E-state index contributed by atoms with van der Waals surface area (Å²) in [6.45, 7) is 0. The molecule has 0 bridgehead atoms. The number of carbonyl (C=O) groups is 1. The summed E-state index contributed by atoms with van der Waals surface area (Å²) in [6.07, 6.45) is 0.588. The highest BCUT2D eigenvalue weighted by Crippen LogP contribution is 2.43. The van der Waals surface area contributed by atoms with Crippen molar-refractivity contribution >= 4 is 58.3 Å². The molecular formula is C11H5Cl2NO3S2. The molecule has 0 aliphatic heterocycles. The minimum absolute atomic E-state index is 0.0943. The number of hydrogen-bond acceptors (Lipinski definition) is 5. The van der Waals surface area contributed by atoms with Crippen molar-refractivity contribution in [3.8, 4) is 0 Å². The van der Waals surface area contributed by atoms with E-state index in [4.69, 9.17) is 23.2 Å². The van der Waals surface area contributed by atoms with Gasteiger partial charge >= 0.3 is 0 Å². The van der Waals surface area contributed by atoms with Gasteiger partial charge in [-0.3, -0.25) is 14.9 Å². The van der Waals surface area contributed by atoms with Gasteiger partial charge in [0.1, 0.15) is 4.21 Å². The van der Waals surface area contributed by atoms with Crippen molar-refractivity contribution < 1.29 is 9.72 Å². The van der Waals surface area contributed by atoms with E-state index in [0.29, 0.717) is 30.3 Å². The van der Waals surface area contributed by atoms with Crippen molar-refractivity contribution in [1.29, 1.82) is 0 Å². The zero-order chi connectivity index (χ0) is 14.0. The highest BCUT2D eigenvalue weighted by atomic mass is 35.5. The molecule has 0 saturated heterocycles. The third kappa shape index (κ3) is 3.27. The lowest BCUT2D eigenvalue weighted by atomic mass is 10.4. The molecule has 0 saturated carbocycles. The number of nitrogens with zero attached hydrogens (tertiary/aromatic N) is 1. The summed E-state index contributed by atoms with van der Waals surface area (Å²) in [5.74, 6) is 0. The van der Waals surface area contributed by atoms with Crippen LogP contribution in [0, 0.1) is 10.1 Å². The van der Waals surface area contributed by atoms with E-state index in [2.05, 4.69) is 0 Å². The zero-order valence-corrected chi connectivity index (χ0v) is 12.3. The van der Waals surface area contributed by atoms with E-state index in [1.54, 1.807) is 18.2 Å². The number of hydrogen-bond donors (Lipinski definition) is 0. The first kappa shape index (κ1) is 14.3. The molecule has 0 fully saturated rings. The fourth-order valence-electron chi connectivity index (χ4n) is 1.30. The molecule has 1 aromatic carbocycles. The highest BCUT2D eigenvalue weighted by molar-refractivity contribution is 8.01. The van der Waals surface area contributed by atoms with E-state index < -0.39 is 4.92 Å². The largest absolute Gasteiger partial charge is 0.297 e. The molecule has 0 spiro atoms. The summed E-state index contributed by atoms with van der Waals surface area (Å²) in [6, 6.07) is 6.14. The third-order valence-corrected chi connectivity index (χ3v) is 5.08. The number of thiophene rings is 1. The molecule has 0 N–H and O–H groups in total. The van der Waals surface area contributed by atoms with Crippen molar-refractivity contribution in [2.75, 3.05) is 0 Å². The van der Waals surface area contributed by atoms with Crippen LogP contribution in [0.5, 0.6) is 0 Å². The number of carbonyl (C=O) groups excluding carboxylic acids is 1. The van der Waals surface area contributed by atoms with Crippen molar-refractivity contribution in [2.24, 2.45) is 0 Å². The molecule has 19 heavy (non-hydrogen) atoms. The van der Waals surface area contributed by atoms with Gasteiger partial charge in [0.2, 0.25) is 0 Å². The smallest absolute Gasteiger partial charge is 0.294 e. The number of halogens is 2. The van der Waals surface area contributed by atoms with Gasteiger partial charge in [0, 0.05) is 16.0 Å². The Kier molecular flexibility index (Phi) is 4.46. The Morgan fingerprint density at radius 3 is 2.63 bits per heavy atom. The average Bonchev–Trinajstić information content (AvgIpc) is 2.76. The first-order valence-corrected chi connectivity index (χ1v) is 7.26. The van der Waals surface area contributed by atoms with Gasteiger partial charge in [0.25, 0.3) is 5.69 Å². The van der Waals surface area contributed by atoms with Gasteiger partial charge in [0.15, 0.2) is 6.29 Å². The molecule has 0 aliphatic rings. The van der Waals surface area contributed by atoms with Crippen molar-refractivity contribution in [2.45, 2.75) is 9.10 Å². The van der Waals surface area contributed by atoms with Crippen LogP contribution >= 0.6 is 46.3 Å². The molecule has 0 atom stereocenters. The molecule has 0 radical (unpaired) electrons. The molecule has 0 amide bonds. The minimum atomic E-state index is -0.518. The molecule has 8 heteroatoms. The molecule has 1 aromatic heterocycles. The lowest BCUT2D eigenvalue weighted by molar-refractivity contribution is -0.387. The van der Waals surface area contributed by atoms with E-state index >= 15 is 0 Å². The molecule has 4 nitrogen and oxygen atoms in total. The molecule has 2 aromatic rings. The Bertz CT molecular complexity index is 657. The summed E-state index contributed by atoms with van der Waals surface area (Å²) in [7, 11) is 0. The van der Waals surface area contributed by atoms with Gasteiger partial charge in [-0.05, 0) is 18.2 Å². The second-order valence-corrected chi connectivity index (χ2v) is 6.61. The van der Waals surface area contributed by atoms with Crippen LogP contribution in [0.1, 0.15) is 9.67 Å². The summed E-state index contributed by atoms with van der Waals surface area (Å²) >= 11 is 14.0. The Morgan fingerprint density at radius 2 is 2.05 bits per heavy atom. The van der Waals surface area contributed by atoms with Crippen molar-refractivity contribution in [1.82, 2.24) is 0 Å². The first-order valence-electron chi connectivity index (χ1n) is 4.87. The van der Waals surface area contributed by atoms with Gasteiger partial charge in [-0.2, -0.15) is 0 Å². The first-order chi connectivity index (χ1) is 9.01.